The van der Waals surface area contributed by atoms with Crippen molar-refractivity contribution in [2.24, 2.45) is 11.7 Å². The molecule has 1 heterocycles. The number of carbonyl (C=O) groups excluding carboxylic acids is 1. The molecule has 0 saturated carbocycles. The third-order valence-corrected chi connectivity index (χ3v) is 4.35. The van der Waals surface area contributed by atoms with Crippen LogP contribution in [0.15, 0.2) is 18.2 Å². The molecule has 5 heteroatoms. The molecule has 2 rings (SSSR count). The summed E-state index contributed by atoms with van der Waals surface area (Å²) >= 11 is 2.14. The summed E-state index contributed by atoms with van der Waals surface area (Å²) in [5.41, 5.74) is 6.32. The highest BCUT2D eigenvalue weighted by Gasteiger charge is 2.27. The number of likely N-dealkylation sites (tertiary alicyclic amines) is 1. The second-order valence-corrected chi connectivity index (χ2v) is 6.42. The van der Waals surface area contributed by atoms with Gasteiger partial charge >= 0.3 is 0 Å². The number of halogens is 1. The van der Waals surface area contributed by atoms with E-state index in [1.165, 1.54) is 0 Å². The van der Waals surface area contributed by atoms with Crippen LogP contribution in [0, 0.1) is 9.49 Å². The van der Waals surface area contributed by atoms with E-state index in [4.69, 9.17) is 5.73 Å². The van der Waals surface area contributed by atoms with Crippen molar-refractivity contribution < 1.29 is 9.90 Å². The van der Waals surface area contributed by atoms with Crippen LogP contribution in [0.2, 0.25) is 0 Å². The predicted octanol–water partition coefficient (Wildman–Crippen LogP) is 2.20. The largest absolute Gasteiger partial charge is 0.507 e. The molecule has 104 valence electrons. The number of hydrogen-bond donors (Lipinski definition) is 2. The summed E-state index contributed by atoms with van der Waals surface area (Å²) in [7, 11) is 0. The second kappa shape index (κ2) is 6.09. The first-order valence-corrected chi connectivity index (χ1v) is 7.60. The van der Waals surface area contributed by atoms with E-state index in [9.17, 15) is 9.90 Å². The molecule has 1 saturated heterocycles. The Balaban J connectivity index is 2.17. The van der Waals surface area contributed by atoms with Crippen LogP contribution < -0.4 is 5.73 Å². The molecule has 0 aliphatic carbocycles. The van der Waals surface area contributed by atoms with Crippen molar-refractivity contribution in [3.63, 3.8) is 0 Å². The normalized spacial score (nSPS) is 21.2. The lowest BCUT2D eigenvalue weighted by molar-refractivity contribution is 0.0658. The van der Waals surface area contributed by atoms with Crippen LogP contribution in [0.1, 0.15) is 30.1 Å². The first-order valence-electron chi connectivity index (χ1n) is 6.52. The van der Waals surface area contributed by atoms with Gasteiger partial charge in [-0.05, 0) is 66.5 Å². The molecule has 0 spiro atoms. The third-order valence-electron chi connectivity index (χ3n) is 3.68. The minimum Gasteiger partial charge on any atom is -0.507 e. The number of benzene rings is 1. The molecule has 1 aromatic carbocycles. The smallest absolute Gasteiger partial charge is 0.257 e. The third kappa shape index (κ3) is 3.39. The molecule has 1 amide bonds. The molecular formula is C14H19IN2O2. The minimum atomic E-state index is -0.0960. The van der Waals surface area contributed by atoms with E-state index in [1.807, 2.05) is 11.8 Å². The summed E-state index contributed by atoms with van der Waals surface area (Å²) in [5.74, 6) is 0.303. The average Bonchev–Trinajstić information content (AvgIpc) is 2.41. The maximum absolute atomic E-state index is 12.5. The van der Waals surface area contributed by atoms with Gasteiger partial charge in [-0.25, -0.2) is 0 Å². The highest BCUT2D eigenvalue weighted by atomic mass is 127. The van der Waals surface area contributed by atoms with Gasteiger partial charge in [0.1, 0.15) is 5.75 Å². The van der Waals surface area contributed by atoms with Crippen molar-refractivity contribution in [1.29, 1.82) is 0 Å². The molecule has 1 fully saturated rings. The topological polar surface area (TPSA) is 66.6 Å². The van der Waals surface area contributed by atoms with Gasteiger partial charge in [-0.2, -0.15) is 0 Å². The van der Waals surface area contributed by atoms with Gasteiger partial charge in [-0.15, -0.1) is 0 Å². The number of carbonyl (C=O) groups is 1. The van der Waals surface area contributed by atoms with Crippen LogP contribution in [0.5, 0.6) is 5.75 Å². The van der Waals surface area contributed by atoms with E-state index in [0.29, 0.717) is 18.0 Å². The maximum atomic E-state index is 12.5. The number of nitrogens with two attached hydrogens (primary N) is 1. The molecule has 0 radical (unpaired) electrons. The van der Waals surface area contributed by atoms with Gasteiger partial charge in [0.2, 0.25) is 0 Å². The van der Waals surface area contributed by atoms with Gasteiger partial charge in [0.25, 0.3) is 5.91 Å². The SMILES string of the molecule is CC(N)C1CCCN(C(=O)c2cc(I)ccc2O)C1. The van der Waals surface area contributed by atoms with E-state index < -0.39 is 0 Å². The number of piperidine rings is 1. The van der Waals surface area contributed by atoms with Crippen molar-refractivity contribution in [3.8, 4) is 5.75 Å². The van der Waals surface area contributed by atoms with Crippen molar-refractivity contribution >= 4 is 28.5 Å². The Bertz CT molecular complexity index is 477. The molecule has 1 aromatic rings. The van der Waals surface area contributed by atoms with Gasteiger partial charge in [0, 0.05) is 22.7 Å². The number of nitrogens with zero attached hydrogens (tertiary/aromatic N) is 1. The van der Waals surface area contributed by atoms with E-state index in [1.54, 1.807) is 18.2 Å². The number of aromatic hydroxyl groups is 1. The molecule has 1 aliphatic heterocycles. The number of phenolic OH excluding ortho intramolecular Hbond substituents is 1. The Labute approximate surface area is 127 Å². The first-order chi connectivity index (χ1) is 8.99. The van der Waals surface area contributed by atoms with Crippen LogP contribution in [-0.4, -0.2) is 35.0 Å². The molecule has 4 nitrogen and oxygen atoms in total. The summed E-state index contributed by atoms with van der Waals surface area (Å²) < 4.78 is 0.944. The summed E-state index contributed by atoms with van der Waals surface area (Å²) in [6, 6.07) is 5.18. The van der Waals surface area contributed by atoms with Gasteiger partial charge in [-0.3, -0.25) is 4.79 Å². The molecule has 3 N–H and O–H groups in total. The minimum absolute atomic E-state index is 0.0494. The number of hydrogen-bond acceptors (Lipinski definition) is 3. The fourth-order valence-corrected chi connectivity index (χ4v) is 2.96. The fraction of sp³-hybridized carbons (Fsp3) is 0.500. The fourth-order valence-electron chi connectivity index (χ4n) is 2.47. The van der Waals surface area contributed by atoms with Crippen LogP contribution in [0.4, 0.5) is 0 Å². The lowest BCUT2D eigenvalue weighted by atomic mass is 9.92. The van der Waals surface area contributed by atoms with Gasteiger partial charge in [0.15, 0.2) is 0 Å². The van der Waals surface area contributed by atoms with Crippen LogP contribution in [0.25, 0.3) is 0 Å². The van der Waals surface area contributed by atoms with E-state index >= 15 is 0 Å². The maximum Gasteiger partial charge on any atom is 0.257 e. The van der Waals surface area contributed by atoms with Crippen LogP contribution in [0.3, 0.4) is 0 Å². The highest BCUT2D eigenvalue weighted by Crippen LogP contribution is 2.25. The van der Waals surface area contributed by atoms with Gasteiger partial charge in [-0.1, -0.05) is 0 Å². The number of amides is 1. The Hall–Kier alpha value is -0.820. The molecule has 2 atom stereocenters. The van der Waals surface area contributed by atoms with Crippen LogP contribution >= 0.6 is 22.6 Å². The van der Waals surface area contributed by atoms with Crippen molar-refractivity contribution in [2.45, 2.75) is 25.8 Å². The molecule has 0 bridgehead atoms. The second-order valence-electron chi connectivity index (χ2n) is 5.17. The van der Waals surface area contributed by atoms with E-state index in [-0.39, 0.29) is 17.7 Å². The summed E-state index contributed by atoms with van der Waals surface area (Å²) in [6.07, 6.45) is 2.04. The Morgan fingerprint density at radius 1 is 1.58 bits per heavy atom. The lowest BCUT2D eigenvalue weighted by Gasteiger charge is -2.34. The predicted molar refractivity (Wildman–Crippen MR) is 83.1 cm³/mol. The number of phenols is 1. The molecule has 2 unspecified atom stereocenters. The van der Waals surface area contributed by atoms with Crippen LogP contribution in [-0.2, 0) is 0 Å². The van der Waals surface area contributed by atoms with Crippen molar-refractivity contribution in [1.82, 2.24) is 4.90 Å². The van der Waals surface area contributed by atoms with E-state index in [2.05, 4.69) is 22.6 Å². The monoisotopic (exact) mass is 374 g/mol. The number of rotatable bonds is 2. The standard InChI is InChI=1S/C14H19IN2O2/c1-9(16)10-3-2-6-17(8-10)14(19)12-7-11(15)4-5-13(12)18/h4-5,7,9-10,18H,2-3,6,8,16H2,1H3. The summed E-state index contributed by atoms with van der Waals surface area (Å²) in [5, 5.41) is 9.84. The summed E-state index contributed by atoms with van der Waals surface area (Å²) in [6.45, 7) is 3.41. The molecule has 0 aromatic heterocycles. The zero-order chi connectivity index (χ0) is 14.0. The lowest BCUT2D eigenvalue weighted by Crippen LogP contribution is -2.45. The van der Waals surface area contributed by atoms with Gasteiger partial charge < -0.3 is 15.7 Å². The molecular weight excluding hydrogens is 355 g/mol. The quantitative estimate of drug-likeness (QED) is 0.780. The molecule has 1 aliphatic rings. The summed E-state index contributed by atoms with van der Waals surface area (Å²) in [4.78, 5) is 14.3. The zero-order valence-electron chi connectivity index (χ0n) is 11.0. The Morgan fingerprint density at radius 2 is 2.32 bits per heavy atom. The van der Waals surface area contributed by atoms with Crippen molar-refractivity contribution in [3.05, 3.63) is 27.3 Å². The van der Waals surface area contributed by atoms with E-state index in [0.717, 1.165) is 23.0 Å². The van der Waals surface area contributed by atoms with Crippen molar-refractivity contribution in [2.75, 3.05) is 13.1 Å². The Morgan fingerprint density at radius 3 is 3.00 bits per heavy atom. The highest BCUT2D eigenvalue weighted by molar-refractivity contribution is 14.1. The average molecular weight is 374 g/mol. The zero-order valence-corrected chi connectivity index (χ0v) is 13.1. The van der Waals surface area contributed by atoms with Gasteiger partial charge in [0.05, 0.1) is 5.56 Å². The molecule has 19 heavy (non-hydrogen) atoms. The first kappa shape index (κ1) is 14.6. The Kier molecular flexibility index (Phi) is 4.67.